The van der Waals surface area contributed by atoms with Crippen molar-refractivity contribution in [2.24, 2.45) is 0 Å². The summed E-state index contributed by atoms with van der Waals surface area (Å²) in [5.41, 5.74) is 11.2. The third-order valence-electron chi connectivity index (χ3n) is 8.82. The molecule has 10 nitrogen and oxygen atoms in total. The van der Waals surface area contributed by atoms with Crippen molar-refractivity contribution in [1.29, 1.82) is 0 Å². The van der Waals surface area contributed by atoms with Crippen LogP contribution in [0.5, 0.6) is 23.0 Å². The Morgan fingerprint density at radius 1 is 0.591 bits per heavy atom. The molecule has 0 bridgehead atoms. The molecule has 6 heterocycles. The molecule has 8 rings (SSSR count). The maximum Gasteiger partial charge on any atom is 0.405 e. The minimum absolute atomic E-state index is 0.793. The average molecular weight is 593 g/mol. The Bertz CT molecular complexity index is 2120. The van der Waals surface area contributed by atoms with Gasteiger partial charge in [0, 0.05) is 34.4 Å². The van der Waals surface area contributed by atoms with E-state index in [1.165, 1.54) is 22.5 Å². The zero-order chi connectivity index (χ0) is 30.9. The highest BCUT2D eigenvalue weighted by Crippen LogP contribution is 2.32. The monoisotopic (exact) mass is 592 g/mol. The topological polar surface area (TPSA) is 80.3 Å². The number of ether oxygens (including phenoxy) is 4. The van der Waals surface area contributed by atoms with E-state index < -0.39 is 0 Å². The van der Waals surface area contributed by atoms with Gasteiger partial charge in [-0.1, -0.05) is 9.97 Å². The second-order valence-corrected chi connectivity index (χ2v) is 11.3. The first-order valence-corrected chi connectivity index (χ1v) is 14.5. The van der Waals surface area contributed by atoms with Crippen LogP contribution in [0.25, 0.3) is 34.0 Å². The summed E-state index contributed by atoms with van der Waals surface area (Å²) in [6.07, 6.45) is 4.20. The standard InChI is InChI=1S/2C17H18N3O2/c1-10-8-19-15(11(2)16(10)22-4)9-20-14-6-5-12(21-3)7-13(14)18-17(19)20;1-10-8-19-15(11(2)16(10)22-4)9-20-14-7-12(21-3)5-6-13(14)18-17(19)20/h2*5-8H,9H2,1-4H3/q2*+1. The van der Waals surface area contributed by atoms with Crippen LogP contribution in [0.4, 0.5) is 0 Å². The van der Waals surface area contributed by atoms with Crippen LogP contribution in [0, 0.1) is 27.7 Å². The summed E-state index contributed by atoms with van der Waals surface area (Å²) in [5, 5.41) is 0. The summed E-state index contributed by atoms with van der Waals surface area (Å²) in [7, 11) is 6.81. The van der Waals surface area contributed by atoms with Crippen molar-refractivity contribution in [3.05, 3.63) is 82.4 Å². The van der Waals surface area contributed by atoms with Crippen LogP contribution in [0.2, 0.25) is 0 Å². The average Bonchev–Trinajstić information content (AvgIpc) is 3.76. The van der Waals surface area contributed by atoms with Crippen LogP contribution in [0.15, 0.2) is 48.8 Å². The normalized spacial score (nSPS) is 12.4. The lowest BCUT2D eigenvalue weighted by atomic mass is 10.1. The van der Waals surface area contributed by atoms with Crippen molar-refractivity contribution in [2.75, 3.05) is 28.4 Å². The molecule has 0 saturated carbocycles. The van der Waals surface area contributed by atoms with Crippen molar-refractivity contribution < 1.29 is 28.1 Å². The van der Waals surface area contributed by atoms with Crippen molar-refractivity contribution >= 4 is 22.1 Å². The lowest BCUT2D eigenvalue weighted by molar-refractivity contribution is -0.604. The Labute approximate surface area is 255 Å². The smallest absolute Gasteiger partial charge is 0.405 e. The highest BCUT2D eigenvalue weighted by Gasteiger charge is 2.35. The van der Waals surface area contributed by atoms with E-state index in [0.717, 1.165) is 81.2 Å². The minimum atomic E-state index is 0.793. The molecule has 10 heteroatoms. The molecular formula is C34H36N6O4+2. The third kappa shape index (κ3) is 4.00. The summed E-state index contributed by atoms with van der Waals surface area (Å²) >= 11 is 0. The molecule has 6 aromatic rings. The Balaban J connectivity index is 0.000000142. The summed E-state index contributed by atoms with van der Waals surface area (Å²) in [5.74, 6) is 5.50. The van der Waals surface area contributed by atoms with Gasteiger partial charge >= 0.3 is 11.9 Å². The quantitative estimate of drug-likeness (QED) is 0.278. The van der Waals surface area contributed by atoms with Crippen LogP contribution < -0.4 is 28.1 Å². The molecule has 44 heavy (non-hydrogen) atoms. The van der Waals surface area contributed by atoms with E-state index in [9.17, 15) is 0 Å². The Hall–Kier alpha value is -5.12. The SMILES string of the molecule is COc1ccc2c(c1)nc1n2Cc2c(C)c(OC)c(C)c[n+]2-1.COc1ccc2nc3n(c2c1)Cc1c(C)c(OC)c(C)c[n+]1-3. The first-order chi connectivity index (χ1) is 21.3. The van der Waals surface area contributed by atoms with E-state index in [1.807, 2.05) is 30.3 Å². The van der Waals surface area contributed by atoms with E-state index in [4.69, 9.17) is 28.9 Å². The zero-order valence-corrected chi connectivity index (χ0v) is 26.3. The van der Waals surface area contributed by atoms with E-state index >= 15 is 0 Å². The molecule has 0 aliphatic carbocycles. The second kappa shape index (κ2) is 10.3. The summed E-state index contributed by atoms with van der Waals surface area (Å²) in [6, 6.07) is 12.0. The molecule has 0 spiro atoms. The first-order valence-electron chi connectivity index (χ1n) is 14.5. The van der Waals surface area contributed by atoms with Crippen LogP contribution in [-0.4, -0.2) is 47.5 Å². The fraction of sp³-hybridized carbons (Fsp3) is 0.294. The number of hydrogen-bond acceptors (Lipinski definition) is 6. The van der Waals surface area contributed by atoms with Gasteiger partial charge in [0.25, 0.3) is 0 Å². The number of fused-ring (bicyclic) bond motifs is 10. The molecule has 2 aliphatic heterocycles. The summed E-state index contributed by atoms with van der Waals surface area (Å²) < 4.78 is 30.5. The largest absolute Gasteiger partial charge is 0.497 e. The number of nitrogens with zero attached hydrogens (tertiary/aromatic N) is 6. The highest BCUT2D eigenvalue weighted by atomic mass is 16.5. The van der Waals surface area contributed by atoms with E-state index in [-0.39, 0.29) is 0 Å². The fourth-order valence-electron chi connectivity index (χ4n) is 6.67. The number of aryl methyl sites for hydroxylation is 2. The number of pyridine rings is 2. The number of imidazole rings is 2. The maximum absolute atomic E-state index is 5.54. The van der Waals surface area contributed by atoms with Gasteiger partial charge in [0.1, 0.15) is 58.5 Å². The number of methoxy groups -OCH3 is 4. The van der Waals surface area contributed by atoms with Gasteiger partial charge in [-0.25, -0.2) is 18.3 Å². The van der Waals surface area contributed by atoms with Crippen molar-refractivity contribution in [2.45, 2.75) is 40.8 Å². The Kier molecular flexibility index (Phi) is 6.46. The fourth-order valence-corrected chi connectivity index (χ4v) is 6.67. The molecule has 0 amide bonds. The summed E-state index contributed by atoms with van der Waals surface area (Å²) in [6.45, 7) is 9.94. The molecule has 0 N–H and O–H groups in total. The van der Waals surface area contributed by atoms with Gasteiger partial charge in [-0.3, -0.25) is 0 Å². The lowest BCUT2D eigenvalue weighted by Crippen LogP contribution is -2.34. The molecule has 0 atom stereocenters. The third-order valence-corrected chi connectivity index (χ3v) is 8.82. The van der Waals surface area contributed by atoms with Crippen LogP contribution in [0.3, 0.4) is 0 Å². The van der Waals surface area contributed by atoms with Crippen LogP contribution in [0.1, 0.15) is 33.6 Å². The van der Waals surface area contributed by atoms with E-state index in [2.05, 4.69) is 64.4 Å². The molecule has 0 saturated heterocycles. The maximum atomic E-state index is 5.54. The molecule has 224 valence electrons. The first kappa shape index (κ1) is 27.7. The molecule has 4 aromatic heterocycles. The van der Waals surface area contributed by atoms with Gasteiger partial charge in [-0.2, -0.15) is 0 Å². The Morgan fingerprint density at radius 3 is 1.64 bits per heavy atom. The van der Waals surface area contributed by atoms with Crippen LogP contribution in [-0.2, 0) is 13.1 Å². The number of aromatic nitrogens is 6. The molecule has 0 unspecified atom stereocenters. The van der Waals surface area contributed by atoms with E-state index in [1.54, 1.807) is 28.4 Å². The molecule has 0 radical (unpaired) electrons. The van der Waals surface area contributed by atoms with Gasteiger partial charge in [0.2, 0.25) is 0 Å². The van der Waals surface area contributed by atoms with Gasteiger partial charge < -0.3 is 18.9 Å². The summed E-state index contributed by atoms with van der Waals surface area (Å²) in [4.78, 5) is 9.56. The predicted octanol–water partition coefficient (Wildman–Crippen LogP) is 4.62. The zero-order valence-electron chi connectivity index (χ0n) is 26.3. The Morgan fingerprint density at radius 2 is 1.09 bits per heavy atom. The van der Waals surface area contributed by atoms with Gasteiger partial charge in [-0.05, 0) is 52.0 Å². The molecular weight excluding hydrogens is 556 g/mol. The number of benzene rings is 2. The van der Waals surface area contributed by atoms with Crippen molar-refractivity contribution in [1.82, 2.24) is 19.1 Å². The predicted molar refractivity (Wildman–Crippen MR) is 166 cm³/mol. The van der Waals surface area contributed by atoms with Gasteiger partial charge in [0.05, 0.1) is 40.8 Å². The van der Waals surface area contributed by atoms with Crippen molar-refractivity contribution in [3.8, 4) is 34.9 Å². The molecule has 2 aliphatic rings. The van der Waals surface area contributed by atoms with Gasteiger partial charge in [0.15, 0.2) is 11.0 Å². The highest BCUT2D eigenvalue weighted by molar-refractivity contribution is 5.80. The second-order valence-electron chi connectivity index (χ2n) is 11.3. The van der Waals surface area contributed by atoms with E-state index in [0.29, 0.717) is 0 Å². The molecule has 2 aromatic carbocycles. The molecule has 0 fully saturated rings. The van der Waals surface area contributed by atoms with Gasteiger partial charge in [-0.15, -0.1) is 0 Å². The lowest BCUT2D eigenvalue weighted by Gasteiger charge is -2.10. The van der Waals surface area contributed by atoms with Crippen LogP contribution >= 0.6 is 0 Å². The minimum Gasteiger partial charge on any atom is -0.497 e. The number of hydrogen-bond donors (Lipinski definition) is 0. The van der Waals surface area contributed by atoms with Crippen molar-refractivity contribution in [3.63, 3.8) is 0 Å². The number of rotatable bonds is 4.